The zero-order valence-corrected chi connectivity index (χ0v) is 15.1. The number of rotatable bonds is 5. The van der Waals surface area contributed by atoms with Crippen LogP contribution in [0.15, 0.2) is 42.5 Å². The Morgan fingerprint density at radius 2 is 1.69 bits per heavy atom. The van der Waals surface area contributed by atoms with Gasteiger partial charge in [-0.15, -0.1) is 12.4 Å². The van der Waals surface area contributed by atoms with Gasteiger partial charge in [-0.25, -0.2) is 8.78 Å². The van der Waals surface area contributed by atoms with Crippen LogP contribution in [-0.2, 0) is 0 Å². The Labute approximate surface area is 158 Å². The van der Waals surface area contributed by atoms with Gasteiger partial charge in [-0.2, -0.15) is 0 Å². The molecule has 2 aromatic carbocycles. The molecule has 1 fully saturated rings. The SMILES string of the molecule is Cl.O=C(NCCN1CCNCC1)c1ccc(-c2ccc(F)cc2)cc1F. The first-order chi connectivity index (χ1) is 12.1. The number of piperazine rings is 1. The Kier molecular flexibility index (Phi) is 7.50. The number of benzene rings is 2. The highest BCUT2D eigenvalue weighted by Gasteiger charge is 2.14. The van der Waals surface area contributed by atoms with E-state index in [0.717, 1.165) is 32.7 Å². The summed E-state index contributed by atoms with van der Waals surface area (Å²) in [6, 6.07) is 10.2. The van der Waals surface area contributed by atoms with Crippen LogP contribution in [0.4, 0.5) is 8.78 Å². The van der Waals surface area contributed by atoms with Crippen molar-refractivity contribution < 1.29 is 13.6 Å². The van der Waals surface area contributed by atoms with Gasteiger partial charge in [0.25, 0.3) is 5.91 Å². The van der Waals surface area contributed by atoms with Crippen molar-refractivity contribution in [2.75, 3.05) is 39.3 Å². The molecule has 1 heterocycles. The highest BCUT2D eigenvalue weighted by atomic mass is 35.5. The monoisotopic (exact) mass is 381 g/mol. The molecule has 7 heteroatoms. The van der Waals surface area contributed by atoms with E-state index < -0.39 is 11.7 Å². The van der Waals surface area contributed by atoms with Crippen LogP contribution in [0.25, 0.3) is 11.1 Å². The average molecular weight is 382 g/mol. The molecule has 1 saturated heterocycles. The van der Waals surface area contributed by atoms with Gasteiger partial charge >= 0.3 is 0 Å². The second kappa shape index (κ2) is 9.62. The van der Waals surface area contributed by atoms with Gasteiger partial charge in [-0.3, -0.25) is 9.69 Å². The van der Waals surface area contributed by atoms with Gasteiger partial charge in [0.2, 0.25) is 0 Å². The summed E-state index contributed by atoms with van der Waals surface area (Å²) in [4.78, 5) is 14.4. The normalized spacial score (nSPS) is 14.5. The molecule has 1 aliphatic heterocycles. The summed E-state index contributed by atoms with van der Waals surface area (Å²) < 4.78 is 27.3. The second-order valence-corrected chi connectivity index (χ2v) is 6.05. The zero-order chi connectivity index (χ0) is 17.6. The predicted octanol–water partition coefficient (Wildman–Crippen LogP) is 2.69. The van der Waals surface area contributed by atoms with E-state index in [2.05, 4.69) is 15.5 Å². The highest BCUT2D eigenvalue weighted by molar-refractivity contribution is 5.95. The standard InChI is InChI=1S/C19H21F2N3O.ClH/c20-16-4-1-14(2-5-16)15-3-6-17(18(21)13-15)19(25)23-9-12-24-10-7-22-8-11-24;/h1-6,13,22H,7-12H2,(H,23,25);1H. The van der Waals surface area contributed by atoms with E-state index >= 15 is 0 Å². The predicted molar refractivity (Wildman–Crippen MR) is 101 cm³/mol. The van der Waals surface area contributed by atoms with E-state index in [1.54, 1.807) is 18.2 Å². The summed E-state index contributed by atoms with van der Waals surface area (Å²) in [7, 11) is 0. The summed E-state index contributed by atoms with van der Waals surface area (Å²) in [6.45, 7) is 5.05. The third kappa shape index (κ3) is 5.24. The quantitative estimate of drug-likeness (QED) is 0.837. The van der Waals surface area contributed by atoms with Crippen LogP contribution in [0.1, 0.15) is 10.4 Å². The molecular weight excluding hydrogens is 360 g/mol. The second-order valence-electron chi connectivity index (χ2n) is 6.05. The van der Waals surface area contributed by atoms with E-state index in [0.29, 0.717) is 17.7 Å². The number of amides is 1. The first kappa shape index (κ1) is 20.3. The minimum atomic E-state index is -0.582. The number of hydrogen-bond donors (Lipinski definition) is 2. The Morgan fingerprint density at radius 1 is 1.04 bits per heavy atom. The van der Waals surface area contributed by atoms with Crippen molar-refractivity contribution in [2.24, 2.45) is 0 Å². The molecule has 0 saturated carbocycles. The number of halogens is 3. The van der Waals surface area contributed by atoms with Gasteiger partial charge in [0, 0.05) is 39.3 Å². The Hall–Kier alpha value is -2.02. The van der Waals surface area contributed by atoms with Crippen LogP contribution in [0.5, 0.6) is 0 Å². The van der Waals surface area contributed by atoms with E-state index in [4.69, 9.17) is 0 Å². The van der Waals surface area contributed by atoms with Crippen LogP contribution >= 0.6 is 12.4 Å². The van der Waals surface area contributed by atoms with Crippen molar-refractivity contribution in [2.45, 2.75) is 0 Å². The third-order valence-corrected chi connectivity index (χ3v) is 4.31. The maximum Gasteiger partial charge on any atom is 0.254 e. The van der Waals surface area contributed by atoms with Crippen molar-refractivity contribution in [3.05, 3.63) is 59.7 Å². The largest absolute Gasteiger partial charge is 0.351 e. The van der Waals surface area contributed by atoms with Gasteiger partial charge in [-0.1, -0.05) is 18.2 Å². The Balaban J connectivity index is 0.00000243. The lowest BCUT2D eigenvalue weighted by atomic mass is 10.0. The van der Waals surface area contributed by atoms with Crippen LogP contribution in [-0.4, -0.2) is 50.1 Å². The fraction of sp³-hybridized carbons (Fsp3) is 0.316. The smallest absolute Gasteiger partial charge is 0.254 e. The molecule has 0 spiro atoms. The molecule has 0 unspecified atom stereocenters. The average Bonchev–Trinajstić information content (AvgIpc) is 2.63. The topological polar surface area (TPSA) is 44.4 Å². The molecule has 140 valence electrons. The lowest BCUT2D eigenvalue weighted by Gasteiger charge is -2.27. The van der Waals surface area contributed by atoms with Crippen molar-refractivity contribution >= 4 is 18.3 Å². The molecule has 0 atom stereocenters. The molecule has 26 heavy (non-hydrogen) atoms. The molecule has 0 bridgehead atoms. The van der Waals surface area contributed by atoms with Crippen molar-refractivity contribution in [1.82, 2.24) is 15.5 Å². The number of carbonyl (C=O) groups excluding carboxylic acids is 1. The highest BCUT2D eigenvalue weighted by Crippen LogP contribution is 2.22. The fourth-order valence-electron chi connectivity index (χ4n) is 2.88. The lowest BCUT2D eigenvalue weighted by molar-refractivity contribution is 0.0943. The van der Waals surface area contributed by atoms with Crippen LogP contribution in [0, 0.1) is 11.6 Å². The molecule has 2 N–H and O–H groups in total. The van der Waals surface area contributed by atoms with Gasteiger partial charge in [0.1, 0.15) is 11.6 Å². The fourth-order valence-corrected chi connectivity index (χ4v) is 2.88. The maximum absolute atomic E-state index is 14.3. The number of nitrogens with one attached hydrogen (secondary N) is 2. The van der Waals surface area contributed by atoms with E-state index in [9.17, 15) is 13.6 Å². The summed E-state index contributed by atoms with van der Waals surface area (Å²) in [5.41, 5.74) is 1.33. The van der Waals surface area contributed by atoms with Gasteiger partial charge in [0.05, 0.1) is 5.56 Å². The summed E-state index contributed by atoms with van der Waals surface area (Å²) >= 11 is 0. The minimum absolute atomic E-state index is 0. The van der Waals surface area contributed by atoms with Gasteiger partial charge in [-0.05, 0) is 35.4 Å². The maximum atomic E-state index is 14.3. The van der Waals surface area contributed by atoms with Crippen molar-refractivity contribution in [3.63, 3.8) is 0 Å². The number of carbonyl (C=O) groups is 1. The van der Waals surface area contributed by atoms with Crippen LogP contribution in [0.3, 0.4) is 0 Å². The number of nitrogens with zero attached hydrogens (tertiary/aromatic N) is 1. The summed E-state index contributed by atoms with van der Waals surface area (Å²) in [5.74, 6) is -1.34. The number of hydrogen-bond acceptors (Lipinski definition) is 3. The van der Waals surface area contributed by atoms with Crippen LogP contribution in [0.2, 0.25) is 0 Å². The molecule has 4 nitrogen and oxygen atoms in total. The van der Waals surface area contributed by atoms with E-state index in [1.165, 1.54) is 24.3 Å². The van der Waals surface area contributed by atoms with Crippen LogP contribution < -0.4 is 10.6 Å². The van der Waals surface area contributed by atoms with Gasteiger partial charge in [0.15, 0.2) is 0 Å². The van der Waals surface area contributed by atoms with Crippen molar-refractivity contribution in [1.29, 1.82) is 0 Å². The zero-order valence-electron chi connectivity index (χ0n) is 14.3. The van der Waals surface area contributed by atoms with E-state index in [-0.39, 0.29) is 23.8 Å². The van der Waals surface area contributed by atoms with Crippen molar-refractivity contribution in [3.8, 4) is 11.1 Å². The summed E-state index contributed by atoms with van der Waals surface area (Å²) in [6.07, 6.45) is 0. The molecule has 3 rings (SSSR count). The first-order valence-electron chi connectivity index (χ1n) is 8.40. The molecule has 0 aliphatic carbocycles. The van der Waals surface area contributed by atoms with E-state index in [1.807, 2.05) is 0 Å². The molecule has 1 amide bonds. The van der Waals surface area contributed by atoms with Gasteiger partial charge < -0.3 is 10.6 Å². The Morgan fingerprint density at radius 3 is 2.35 bits per heavy atom. The summed E-state index contributed by atoms with van der Waals surface area (Å²) in [5, 5.41) is 6.03. The Bertz CT molecular complexity index is 734. The molecule has 1 aliphatic rings. The molecular formula is C19H22ClF2N3O. The molecule has 0 aromatic heterocycles. The minimum Gasteiger partial charge on any atom is -0.351 e. The third-order valence-electron chi connectivity index (χ3n) is 4.31. The molecule has 2 aromatic rings. The lowest BCUT2D eigenvalue weighted by Crippen LogP contribution is -2.46. The molecule has 0 radical (unpaired) electrons. The first-order valence-corrected chi connectivity index (χ1v) is 8.40.